The van der Waals surface area contributed by atoms with Crippen LogP contribution in [0, 0.1) is 0 Å². The monoisotopic (exact) mass is 525 g/mol. The van der Waals surface area contributed by atoms with Crippen molar-refractivity contribution in [3.8, 4) is 0 Å². The van der Waals surface area contributed by atoms with Crippen molar-refractivity contribution in [2.75, 3.05) is 24.3 Å². The molecule has 31 heavy (non-hydrogen) atoms. The Kier molecular flexibility index (Phi) is 6.27. The molecule has 3 heterocycles. The average Bonchev–Trinajstić information content (AvgIpc) is 3.37. The van der Waals surface area contributed by atoms with Gasteiger partial charge >= 0.3 is 0 Å². The lowest BCUT2D eigenvalue weighted by Gasteiger charge is -2.23. The van der Waals surface area contributed by atoms with Gasteiger partial charge in [-0.2, -0.15) is 0 Å². The number of furan rings is 1. The predicted molar refractivity (Wildman–Crippen MR) is 122 cm³/mol. The Balaban J connectivity index is 1.60. The zero-order chi connectivity index (χ0) is 22.2. The molecule has 164 valence electrons. The van der Waals surface area contributed by atoms with Crippen LogP contribution in [0.2, 0.25) is 0 Å². The van der Waals surface area contributed by atoms with Crippen LogP contribution in [0.1, 0.15) is 12.2 Å². The number of aromatic nitrogens is 2. The fraction of sp³-hybridized carbons (Fsp3) is 0.350. The zero-order valence-electron chi connectivity index (χ0n) is 16.7. The Labute approximate surface area is 191 Å². The highest BCUT2D eigenvalue weighted by atomic mass is 79.9. The molecule has 2 aromatic heterocycles. The average molecular weight is 526 g/mol. The summed E-state index contributed by atoms with van der Waals surface area (Å²) in [5.41, 5.74) is 0.307. The molecule has 0 bridgehead atoms. The number of carbonyl (C=O) groups excluding carboxylic acids is 1. The highest BCUT2D eigenvalue weighted by Gasteiger charge is 2.32. The topological polar surface area (TPSA) is 102 Å². The number of fused-ring (bicyclic) bond motifs is 1. The van der Waals surface area contributed by atoms with Crippen molar-refractivity contribution in [1.82, 2.24) is 14.5 Å². The second-order valence-corrected chi connectivity index (χ2v) is 11.5. The Morgan fingerprint density at radius 2 is 2.19 bits per heavy atom. The minimum Gasteiger partial charge on any atom is -0.467 e. The maximum absolute atomic E-state index is 13.2. The number of thioether (sulfide) groups is 1. The quantitative estimate of drug-likeness (QED) is 0.359. The first-order valence-electron chi connectivity index (χ1n) is 9.55. The van der Waals surface area contributed by atoms with Crippen LogP contribution in [0.4, 0.5) is 0 Å². The first-order chi connectivity index (χ1) is 14.7. The molecule has 0 unspecified atom stereocenters. The van der Waals surface area contributed by atoms with E-state index in [4.69, 9.17) is 4.42 Å². The minimum absolute atomic E-state index is 0.00773. The van der Waals surface area contributed by atoms with Gasteiger partial charge in [0.15, 0.2) is 15.0 Å². The van der Waals surface area contributed by atoms with Gasteiger partial charge < -0.3 is 9.32 Å². The second-order valence-electron chi connectivity index (χ2n) is 7.38. The second kappa shape index (κ2) is 8.79. The van der Waals surface area contributed by atoms with E-state index in [0.717, 1.165) is 16.2 Å². The van der Waals surface area contributed by atoms with Crippen LogP contribution in [0.3, 0.4) is 0 Å². The Hall–Kier alpha value is -2.11. The van der Waals surface area contributed by atoms with Crippen LogP contribution in [-0.4, -0.2) is 59.1 Å². The van der Waals surface area contributed by atoms with Crippen LogP contribution in [0.5, 0.6) is 0 Å². The molecule has 0 N–H and O–H groups in total. The molecule has 1 amide bonds. The fourth-order valence-corrected chi connectivity index (χ4v) is 6.55. The molecule has 0 spiro atoms. The third kappa shape index (κ3) is 4.88. The molecule has 0 saturated carbocycles. The Morgan fingerprint density at radius 1 is 1.39 bits per heavy atom. The molecule has 0 aliphatic carbocycles. The maximum atomic E-state index is 13.2. The first-order valence-corrected chi connectivity index (χ1v) is 13.1. The largest absolute Gasteiger partial charge is 0.467 e. The van der Waals surface area contributed by atoms with E-state index in [0.29, 0.717) is 28.2 Å². The minimum atomic E-state index is -3.08. The van der Waals surface area contributed by atoms with E-state index < -0.39 is 9.84 Å². The molecular weight excluding hydrogens is 506 g/mol. The molecule has 8 nitrogen and oxygen atoms in total. The number of hydrogen-bond donors (Lipinski definition) is 0. The van der Waals surface area contributed by atoms with Crippen molar-refractivity contribution >= 4 is 54.3 Å². The van der Waals surface area contributed by atoms with Gasteiger partial charge in [0, 0.05) is 17.6 Å². The highest BCUT2D eigenvalue weighted by Crippen LogP contribution is 2.23. The van der Waals surface area contributed by atoms with Crippen LogP contribution in [0.25, 0.3) is 10.9 Å². The van der Waals surface area contributed by atoms with Crippen LogP contribution >= 0.6 is 27.7 Å². The van der Waals surface area contributed by atoms with E-state index in [1.807, 2.05) is 0 Å². The smallest absolute Gasteiger partial charge is 0.262 e. The molecule has 3 aromatic rings. The van der Waals surface area contributed by atoms with E-state index in [1.165, 1.54) is 15.7 Å². The summed E-state index contributed by atoms with van der Waals surface area (Å²) in [5, 5.41) is 0.863. The number of amides is 1. The van der Waals surface area contributed by atoms with E-state index in [-0.39, 0.29) is 41.3 Å². The van der Waals surface area contributed by atoms with Gasteiger partial charge in [-0.1, -0.05) is 27.7 Å². The van der Waals surface area contributed by atoms with Gasteiger partial charge in [0.05, 0.1) is 41.0 Å². The van der Waals surface area contributed by atoms with Crippen LogP contribution in [0.15, 0.2) is 55.4 Å². The van der Waals surface area contributed by atoms with Gasteiger partial charge in [-0.25, -0.2) is 13.4 Å². The Bertz CT molecular complexity index is 1290. The lowest BCUT2D eigenvalue weighted by atomic mass is 10.2. The maximum Gasteiger partial charge on any atom is 0.262 e. The predicted octanol–water partition coefficient (Wildman–Crippen LogP) is 2.54. The fourth-order valence-electron chi connectivity index (χ4n) is 3.49. The molecule has 11 heteroatoms. The number of rotatable bonds is 6. The molecule has 1 atom stereocenters. The summed E-state index contributed by atoms with van der Waals surface area (Å²) in [5.74, 6) is 0.528. The summed E-state index contributed by atoms with van der Waals surface area (Å²) in [6, 6.07) is 8.47. The van der Waals surface area contributed by atoms with Crippen molar-refractivity contribution in [2.24, 2.45) is 0 Å². The number of halogens is 1. The van der Waals surface area contributed by atoms with Crippen molar-refractivity contribution < 1.29 is 17.6 Å². The summed E-state index contributed by atoms with van der Waals surface area (Å²) >= 11 is 4.54. The van der Waals surface area contributed by atoms with E-state index in [9.17, 15) is 18.0 Å². The molecule has 1 aliphatic heterocycles. The van der Waals surface area contributed by atoms with Crippen LogP contribution in [-0.2, 0) is 21.2 Å². The van der Waals surface area contributed by atoms with Gasteiger partial charge in [0.25, 0.3) is 5.56 Å². The lowest BCUT2D eigenvalue weighted by Crippen LogP contribution is -2.39. The molecule has 1 aliphatic rings. The lowest BCUT2D eigenvalue weighted by molar-refractivity contribution is -0.128. The molecule has 1 saturated heterocycles. The third-order valence-electron chi connectivity index (χ3n) is 5.25. The van der Waals surface area contributed by atoms with E-state index >= 15 is 0 Å². The zero-order valence-corrected chi connectivity index (χ0v) is 19.9. The van der Waals surface area contributed by atoms with Gasteiger partial charge in [-0.15, -0.1) is 0 Å². The number of nitrogens with zero attached hydrogens (tertiary/aromatic N) is 3. The summed E-state index contributed by atoms with van der Waals surface area (Å²) in [6.45, 7) is 0.189. The number of benzene rings is 1. The van der Waals surface area contributed by atoms with Crippen molar-refractivity contribution in [3.05, 3.63) is 57.2 Å². The van der Waals surface area contributed by atoms with Crippen molar-refractivity contribution in [3.63, 3.8) is 0 Å². The van der Waals surface area contributed by atoms with Crippen molar-refractivity contribution in [1.29, 1.82) is 0 Å². The summed E-state index contributed by atoms with van der Waals surface area (Å²) in [7, 11) is -1.46. The van der Waals surface area contributed by atoms with Gasteiger partial charge in [0.2, 0.25) is 5.91 Å². The standard InChI is InChI=1S/C20H20BrN3O5S2/c1-23(14-6-8-31(27,28)12-14)18(25)11-30-20-22-17-5-4-13(21)9-16(17)19(26)24(20)10-15-3-2-7-29-15/h2-5,7,9,14H,6,8,10-12H2,1H3/t14-/m1/s1. The normalized spacial score (nSPS) is 17.8. The Morgan fingerprint density at radius 3 is 2.87 bits per heavy atom. The number of hydrogen-bond acceptors (Lipinski definition) is 7. The van der Waals surface area contributed by atoms with Crippen molar-refractivity contribution in [2.45, 2.75) is 24.2 Å². The molecule has 0 radical (unpaired) electrons. The van der Waals surface area contributed by atoms with Gasteiger partial charge in [-0.05, 0) is 36.8 Å². The molecular formula is C20H20BrN3O5S2. The SMILES string of the molecule is CN(C(=O)CSc1nc2ccc(Br)cc2c(=O)n1Cc1ccco1)[C@@H]1CCS(=O)(=O)C1. The molecule has 4 rings (SSSR count). The van der Waals surface area contributed by atoms with E-state index in [1.54, 1.807) is 37.4 Å². The molecule has 1 aromatic carbocycles. The van der Waals surface area contributed by atoms with E-state index in [2.05, 4.69) is 20.9 Å². The summed E-state index contributed by atoms with van der Waals surface area (Å²) in [4.78, 5) is 32.0. The van der Waals surface area contributed by atoms with Gasteiger partial charge in [-0.3, -0.25) is 14.2 Å². The summed E-state index contributed by atoms with van der Waals surface area (Å²) in [6.07, 6.45) is 1.98. The van der Waals surface area contributed by atoms with Crippen LogP contribution < -0.4 is 5.56 Å². The summed E-state index contributed by atoms with van der Waals surface area (Å²) < 4.78 is 31.1. The third-order valence-corrected chi connectivity index (χ3v) is 8.45. The molecule has 1 fully saturated rings. The van der Waals surface area contributed by atoms with Gasteiger partial charge in [0.1, 0.15) is 5.76 Å². The first kappa shape index (κ1) is 22.1. The highest BCUT2D eigenvalue weighted by molar-refractivity contribution is 9.10. The number of sulfone groups is 1. The number of carbonyl (C=O) groups is 1.